The van der Waals surface area contributed by atoms with Crippen molar-refractivity contribution in [3.05, 3.63) is 30.8 Å². The molecule has 0 bridgehead atoms. The van der Waals surface area contributed by atoms with E-state index in [1.165, 1.54) is 0 Å². The van der Waals surface area contributed by atoms with Crippen LogP contribution in [0, 0.1) is 20.5 Å². The van der Waals surface area contributed by atoms with E-state index >= 15 is 0 Å². The maximum absolute atomic E-state index is 8.49. The molecule has 0 aliphatic rings. The molecule has 0 aromatic heterocycles. The monoisotopic (exact) mass is 425 g/mol. The number of carbonyl (C=O) groups excluding carboxylic acids is 1. The van der Waals surface area contributed by atoms with Crippen molar-refractivity contribution < 1.29 is 87.1 Å². The first-order valence-corrected chi connectivity index (χ1v) is 4.17. The second kappa shape index (κ2) is 30.9. The van der Waals surface area contributed by atoms with Gasteiger partial charge >= 0.3 is 19.5 Å². The van der Waals surface area contributed by atoms with Crippen molar-refractivity contribution in [3.63, 3.8) is 0 Å². The molecule has 19 heavy (non-hydrogen) atoms. The van der Waals surface area contributed by atoms with Crippen LogP contribution >= 0.6 is 0 Å². The van der Waals surface area contributed by atoms with Gasteiger partial charge < -0.3 is 40.7 Å². The zero-order valence-electron chi connectivity index (χ0n) is 8.66. The van der Waals surface area contributed by atoms with E-state index in [1.54, 1.807) is 0 Å². The van der Waals surface area contributed by atoms with E-state index in [0.717, 1.165) is 0 Å². The Morgan fingerprint density at radius 1 is 0.579 bits per heavy atom. The smallest absolute Gasteiger partial charge is 0.693 e. The van der Waals surface area contributed by atoms with Gasteiger partial charge in [0.1, 0.15) is 0 Å². The largest absolute Gasteiger partial charge is 8.00 e. The molecular weight excluding hydrogens is 414 g/mol. The van der Waals surface area contributed by atoms with Crippen molar-refractivity contribution >= 4 is 6.47 Å². The summed E-state index contributed by atoms with van der Waals surface area (Å²) < 4.78 is 67.9. The first-order chi connectivity index (χ1) is 5.41. The van der Waals surface area contributed by atoms with E-state index in [1.807, 2.05) is 0 Å². The topological polar surface area (TPSA) is 392 Å². The summed E-state index contributed by atoms with van der Waals surface area (Å²) in [5, 5.41) is 8.25. The van der Waals surface area contributed by atoms with Crippen LogP contribution in [0.4, 0.5) is 0 Å². The third kappa shape index (κ3) is 201000. The van der Waals surface area contributed by atoms with Crippen LogP contribution in [0.25, 0.3) is 30.8 Å². The Morgan fingerprint density at radius 3 is 0.579 bits per heavy atom. The molecular formula is CH11Cl2N5O10Ru. The minimum atomic E-state index is -4.94. The van der Waals surface area contributed by atoms with E-state index < -0.39 is 27.0 Å². The van der Waals surface area contributed by atoms with E-state index in [-0.39, 0.29) is 50.2 Å². The van der Waals surface area contributed by atoms with Gasteiger partial charge in [-0.05, 0) is 0 Å². The minimum Gasteiger partial charge on any atom is -0.693 e. The summed E-state index contributed by atoms with van der Waals surface area (Å²) in [4.78, 5) is 8.25. The van der Waals surface area contributed by atoms with Crippen LogP contribution in [0.5, 0.6) is 0 Å². The number of carboxylic acid groups (broad SMARTS) is 1. The molecule has 0 aliphatic carbocycles. The summed E-state index contributed by atoms with van der Waals surface area (Å²) >= 11 is 0. The average molecular weight is 425 g/mol. The number of hydrogen-bond donors (Lipinski definition) is 0. The molecule has 0 saturated carbocycles. The van der Waals surface area contributed by atoms with Crippen molar-refractivity contribution in [1.29, 1.82) is 0 Å². The SMILES string of the molecule is O=C[O-].[NH2-].[NH2-].[NH2-].[NH2-].[NH2-].[O-][Cl+3]([O-])([O-])[O-].[O-][Cl+3]([O-])([O-])[O-].[Ru+8]. The first-order valence-electron chi connectivity index (χ1n) is 1.71. The molecule has 0 aliphatic heterocycles. The third-order valence-corrected chi connectivity index (χ3v) is 0. The zero-order chi connectivity index (χ0) is 11.7. The normalized spacial score (nSPS) is 6.95. The van der Waals surface area contributed by atoms with Crippen LogP contribution in [0.3, 0.4) is 0 Å². The van der Waals surface area contributed by atoms with Crippen LogP contribution in [0.1, 0.15) is 0 Å². The van der Waals surface area contributed by atoms with Gasteiger partial charge in [0, 0.05) is 6.47 Å². The van der Waals surface area contributed by atoms with Gasteiger partial charge in [0.25, 0.3) is 0 Å². The molecule has 10 N–H and O–H groups in total. The van der Waals surface area contributed by atoms with Gasteiger partial charge in [-0.1, -0.05) is 0 Å². The fourth-order valence-corrected chi connectivity index (χ4v) is 0. The molecule has 122 valence electrons. The first kappa shape index (κ1) is 61.2. The number of rotatable bonds is 0. The van der Waals surface area contributed by atoms with Crippen molar-refractivity contribution in [2.75, 3.05) is 0 Å². The van der Waals surface area contributed by atoms with Crippen LogP contribution in [-0.4, -0.2) is 6.47 Å². The van der Waals surface area contributed by atoms with Gasteiger partial charge in [-0.15, -0.1) is 20.5 Å². The summed E-state index contributed by atoms with van der Waals surface area (Å²) in [6, 6.07) is 0. The third-order valence-electron chi connectivity index (χ3n) is 0. The molecule has 0 saturated heterocycles. The van der Waals surface area contributed by atoms with E-state index in [4.69, 9.17) is 47.2 Å². The Labute approximate surface area is 125 Å². The fraction of sp³-hybridized carbons (Fsp3) is 0. The van der Waals surface area contributed by atoms with Crippen LogP contribution in [0.2, 0.25) is 0 Å². The Kier molecular flexibility index (Phi) is 99.5. The van der Waals surface area contributed by atoms with E-state index in [9.17, 15) is 0 Å². The van der Waals surface area contributed by atoms with Crippen molar-refractivity contribution in [1.82, 2.24) is 0 Å². The Hall–Kier alpha value is 0.153. The van der Waals surface area contributed by atoms with Gasteiger partial charge in [0.05, 0.1) is 0 Å². The number of halogens is 2. The molecule has 18 heteroatoms. The van der Waals surface area contributed by atoms with Gasteiger partial charge in [-0.2, -0.15) is 0 Å². The molecule has 0 heterocycles. The standard InChI is InChI=1S/CH2O2.2ClHO4.5H2N.Ru/c2-1-3;2*2-1(3,4)5;;;;;;/h1H,(H,2,3);2*(H,2,3,4,5);5*1H2;/q;;;5*-1;+8/p-3. The second-order valence-corrected chi connectivity index (χ2v) is 2.36. The molecule has 0 fully saturated rings. The van der Waals surface area contributed by atoms with Crippen LogP contribution in [0.15, 0.2) is 0 Å². The van der Waals surface area contributed by atoms with Gasteiger partial charge in [0.2, 0.25) is 0 Å². The molecule has 0 aromatic rings. The van der Waals surface area contributed by atoms with Gasteiger partial charge in [0.15, 0.2) is 0 Å². The summed E-state index contributed by atoms with van der Waals surface area (Å²) in [6.07, 6.45) is 0. The molecule has 0 unspecified atom stereocenters. The number of carbonyl (C=O) groups is 1. The molecule has 0 amide bonds. The predicted octanol–water partition coefficient (Wildman–Crippen LogP) is -7.56. The molecule has 0 spiro atoms. The Morgan fingerprint density at radius 2 is 0.579 bits per heavy atom. The van der Waals surface area contributed by atoms with Gasteiger partial charge in [-0.25, -0.2) is 37.3 Å². The quantitative estimate of drug-likeness (QED) is 0.260. The molecule has 0 radical (unpaired) electrons. The molecule has 0 atom stereocenters. The van der Waals surface area contributed by atoms with E-state index in [0.29, 0.717) is 0 Å². The Balaban J connectivity index is -0.00000000995. The minimum absolute atomic E-state index is 0. The summed E-state index contributed by atoms with van der Waals surface area (Å²) in [7, 11) is -9.89. The molecule has 15 nitrogen and oxygen atoms in total. The van der Waals surface area contributed by atoms with Crippen molar-refractivity contribution in [2.24, 2.45) is 0 Å². The second-order valence-electron chi connectivity index (χ2n) is 0.852. The van der Waals surface area contributed by atoms with E-state index in [2.05, 4.69) is 0 Å². The number of hydrogen-bond acceptors (Lipinski definition) is 10. The van der Waals surface area contributed by atoms with Crippen LogP contribution in [-0.2, 0) is 24.3 Å². The van der Waals surface area contributed by atoms with Crippen LogP contribution < -0.4 is 42.4 Å². The van der Waals surface area contributed by atoms with Gasteiger partial charge in [-0.3, -0.25) is 0 Å². The molecule has 0 aromatic carbocycles. The summed E-state index contributed by atoms with van der Waals surface area (Å²) in [5.41, 5.74) is 0. The Bertz CT molecular complexity index is 106. The zero-order valence-corrected chi connectivity index (χ0v) is 11.9. The summed E-state index contributed by atoms with van der Waals surface area (Å²) in [6.45, 7) is -0.500. The predicted molar refractivity (Wildman–Crippen MR) is 32.5 cm³/mol. The van der Waals surface area contributed by atoms with Crippen molar-refractivity contribution in [2.45, 2.75) is 0 Å². The maximum Gasteiger partial charge on any atom is 8.00 e. The summed E-state index contributed by atoms with van der Waals surface area (Å²) in [5.74, 6) is 0. The fourth-order valence-electron chi connectivity index (χ4n) is 0. The van der Waals surface area contributed by atoms with Crippen molar-refractivity contribution in [3.8, 4) is 0 Å². The number of nitrogens with two attached hydrogens (primary N) is 5. The molecule has 0 rings (SSSR count). The average Bonchev–Trinajstić information content (AvgIpc) is 1.52. The maximum atomic E-state index is 8.49.